The number of benzene rings is 2. The summed E-state index contributed by atoms with van der Waals surface area (Å²) < 4.78 is 35.6. The number of nitrogens with one attached hydrogen (secondary N) is 1. The molecule has 0 aliphatic carbocycles. The highest BCUT2D eigenvalue weighted by Crippen LogP contribution is 2.27. The number of aromatic nitrogens is 3. The number of thioether (sulfide) groups is 1. The summed E-state index contributed by atoms with van der Waals surface area (Å²) in [6.45, 7) is 1.94. The summed E-state index contributed by atoms with van der Waals surface area (Å²) in [7, 11) is 0. The lowest BCUT2D eigenvalue weighted by atomic mass is 10.2. The zero-order valence-corrected chi connectivity index (χ0v) is 19.2. The van der Waals surface area contributed by atoms with Crippen LogP contribution in [-0.4, -0.2) is 58.9 Å². The van der Waals surface area contributed by atoms with Crippen LogP contribution in [0.4, 0.5) is 20.2 Å². The van der Waals surface area contributed by atoms with Crippen LogP contribution in [0.15, 0.2) is 53.7 Å². The van der Waals surface area contributed by atoms with Crippen LogP contribution in [0.1, 0.15) is 6.92 Å². The van der Waals surface area contributed by atoms with Gasteiger partial charge in [-0.25, -0.2) is 4.68 Å². The molecule has 0 bridgehead atoms. The number of hydrogen-bond donors (Lipinski definition) is 2. The number of halogens is 2. The second-order valence-corrected chi connectivity index (χ2v) is 8.78. The molecule has 0 spiro atoms. The molecule has 1 saturated heterocycles. The molecule has 9 nitrogen and oxygen atoms in total. The summed E-state index contributed by atoms with van der Waals surface area (Å²) in [5, 5.41) is 10.9. The summed E-state index contributed by atoms with van der Waals surface area (Å²) in [4.78, 5) is 14.9. The van der Waals surface area contributed by atoms with Gasteiger partial charge in [0.15, 0.2) is 5.82 Å². The van der Waals surface area contributed by atoms with E-state index in [1.165, 1.54) is 16.8 Å². The van der Waals surface area contributed by atoms with Crippen molar-refractivity contribution < 1.29 is 23.0 Å². The second-order valence-electron chi connectivity index (χ2n) is 7.47. The molecule has 1 aliphatic heterocycles. The van der Waals surface area contributed by atoms with Crippen molar-refractivity contribution >= 4 is 29.0 Å². The first-order valence-corrected chi connectivity index (χ1v) is 11.4. The van der Waals surface area contributed by atoms with Gasteiger partial charge < -0.3 is 25.5 Å². The van der Waals surface area contributed by atoms with Gasteiger partial charge in [0, 0.05) is 30.0 Å². The van der Waals surface area contributed by atoms with Gasteiger partial charge in [-0.3, -0.25) is 4.79 Å². The maximum absolute atomic E-state index is 12.7. The maximum atomic E-state index is 12.7. The summed E-state index contributed by atoms with van der Waals surface area (Å²) >= 11 is 1.16. The van der Waals surface area contributed by atoms with Crippen molar-refractivity contribution in [2.45, 2.75) is 23.9 Å². The SMILES string of the molecule is CC(Sc1nnc(-c2ccc(OC(F)F)cc2)n1N)C(=O)Nc1ccc(N2CCOCC2)cc1. The number of rotatable bonds is 8. The van der Waals surface area contributed by atoms with Crippen LogP contribution in [0.2, 0.25) is 0 Å². The maximum Gasteiger partial charge on any atom is 0.387 e. The van der Waals surface area contributed by atoms with Crippen LogP contribution in [0.3, 0.4) is 0 Å². The number of alkyl halides is 2. The van der Waals surface area contributed by atoms with E-state index in [4.69, 9.17) is 10.6 Å². The molecule has 1 fully saturated rings. The third-order valence-corrected chi connectivity index (χ3v) is 6.22. The predicted octanol–water partition coefficient (Wildman–Crippen LogP) is 3.22. The molecule has 12 heteroatoms. The molecular weight excluding hydrogens is 466 g/mol. The first-order chi connectivity index (χ1) is 16.4. The summed E-state index contributed by atoms with van der Waals surface area (Å²) in [6.07, 6.45) is 0. The van der Waals surface area contributed by atoms with E-state index in [9.17, 15) is 13.6 Å². The second kappa shape index (κ2) is 10.7. The van der Waals surface area contributed by atoms with Crippen molar-refractivity contribution in [2.24, 2.45) is 0 Å². The third-order valence-electron chi connectivity index (χ3n) is 5.16. The molecule has 0 radical (unpaired) electrons. The minimum absolute atomic E-state index is 0.0275. The molecule has 34 heavy (non-hydrogen) atoms. The Morgan fingerprint density at radius 1 is 1.12 bits per heavy atom. The van der Waals surface area contributed by atoms with Crippen LogP contribution in [0, 0.1) is 0 Å². The zero-order chi connectivity index (χ0) is 24.1. The Morgan fingerprint density at radius 2 is 1.79 bits per heavy atom. The Balaban J connectivity index is 1.35. The molecule has 2 heterocycles. The highest BCUT2D eigenvalue weighted by molar-refractivity contribution is 8.00. The first kappa shape index (κ1) is 23.8. The predicted molar refractivity (Wildman–Crippen MR) is 126 cm³/mol. The van der Waals surface area contributed by atoms with E-state index in [2.05, 4.69) is 25.2 Å². The van der Waals surface area contributed by atoms with Gasteiger partial charge in [0.25, 0.3) is 0 Å². The fourth-order valence-corrected chi connectivity index (χ4v) is 4.14. The van der Waals surface area contributed by atoms with Crippen LogP contribution in [0.5, 0.6) is 5.75 Å². The van der Waals surface area contributed by atoms with Gasteiger partial charge in [-0.05, 0) is 55.5 Å². The lowest BCUT2D eigenvalue weighted by Gasteiger charge is -2.28. The Labute approximate surface area is 199 Å². The van der Waals surface area contributed by atoms with E-state index < -0.39 is 11.9 Å². The topological polar surface area (TPSA) is 108 Å². The quantitative estimate of drug-likeness (QED) is 0.366. The fraction of sp³-hybridized carbons (Fsp3) is 0.318. The van der Waals surface area contributed by atoms with E-state index in [1.54, 1.807) is 19.1 Å². The number of carbonyl (C=O) groups excluding carboxylic acids is 1. The summed E-state index contributed by atoms with van der Waals surface area (Å²) in [6, 6.07) is 13.6. The number of nitrogens with two attached hydrogens (primary N) is 1. The highest BCUT2D eigenvalue weighted by Gasteiger charge is 2.20. The minimum atomic E-state index is -2.90. The van der Waals surface area contributed by atoms with Crippen molar-refractivity contribution in [1.29, 1.82) is 0 Å². The van der Waals surface area contributed by atoms with Gasteiger partial charge in [-0.2, -0.15) is 8.78 Å². The molecule has 3 aromatic rings. The minimum Gasteiger partial charge on any atom is -0.435 e. The number of hydrogen-bond acceptors (Lipinski definition) is 8. The van der Waals surface area contributed by atoms with Crippen LogP contribution in [0.25, 0.3) is 11.4 Å². The normalized spacial score (nSPS) is 14.8. The number of morpholine rings is 1. The number of amides is 1. The standard InChI is InChI=1S/C22H24F2N6O3S/c1-14(20(31)26-16-4-6-17(7-5-16)29-10-12-32-13-11-29)34-22-28-27-19(30(22)25)15-2-8-18(9-3-15)33-21(23)24/h2-9,14,21H,10-13,25H2,1H3,(H,26,31). The molecule has 180 valence electrons. The molecule has 1 amide bonds. The number of carbonyl (C=O) groups is 1. The van der Waals surface area contributed by atoms with Crippen molar-refractivity contribution in [3.63, 3.8) is 0 Å². The van der Waals surface area contributed by atoms with Crippen molar-refractivity contribution in [2.75, 3.05) is 42.4 Å². The van der Waals surface area contributed by atoms with E-state index in [1.807, 2.05) is 24.3 Å². The lowest BCUT2D eigenvalue weighted by Crippen LogP contribution is -2.36. The molecule has 0 saturated carbocycles. The molecule has 1 unspecified atom stereocenters. The average molecular weight is 491 g/mol. The first-order valence-electron chi connectivity index (χ1n) is 10.6. The van der Waals surface area contributed by atoms with Gasteiger partial charge in [-0.1, -0.05) is 11.8 Å². The Bertz CT molecular complexity index is 1100. The molecule has 2 aromatic carbocycles. The molecule has 1 aromatic heterocycles. The molecule has 1 aliphatic rings. The zero-order valence-electron chi connectivity index (χ0n) is 18.4. The van der Waals surface area contributed by atoms with E-state index in [0.717, 1.165) is 30.5 Å². The Hall–Kier alpha value is -3.38. The van der Waals surface area contributed by atoms with E-state index in [0.29, 0.717) is 35.4 Å². The van der Waals surface area contributed by atoms with Gasteiger partial charge >= 0.3 is 6.61 Å². The third kappa shape index (κ3) is 5.75. The monoisotopic (exact) mass is 490 g/mol. The number of ether oxygens (including phenoxy) is 2. The van der Waals surface area contributed by atoms with Gasteiger partial charge in [0.1, 0.15) is 5.75 Å². The van der Waals surface area contributed by atoms with Crippen molar-refractivity contribution in [1.82, 2.24) is 14.9 Å². The fourth-order valence-electron chi connectivity index (χ4n) is 3.37. The average Bonchev–Trinajstić information content (AvgIpc) is 3.20. The van der Waals surface area contributed by atoms with Gasteiger partial charge in [0.2, 0.25) is 11.1 Å². The number of nitrogen functional groups attached to an aromatic ring is 1. The van der Waals surface area contributed by atoms with Crippen LogP contribution >= 0.6 is 11.8 Å². The number of anilines is 2. The summed E-state index contributed by atoms with van der Waals surface area (Å²) in [5.41, 5.74) is 2.35. The lowest BCUT2D eigenvalue weighted by molar-refractivity contribution is -0.115. The largest absolute Gasteiger partial charge is 0.435 e. The van der Waals surface area contributed by atoms with Gasteiger partial charge in [-0.15, -0.1) is 10.2 Å². The van der Waals surface area contributed by atoms with Crippen LogP contribution in [-0.2, 0) is 9.53 Å². The molecule has 1 atom stereocenters. The highest BCUT2D eigenvalue weighted by atomic mass is 32.2. The Kier molecular flexibility index (Phi) is 7.48. The number of nitrogens with zero attached hydrogens (tertiary/aromatic N) is 4. The Morgan fingerprint density at radius 3 is 2.44 bits per heavy atom. The molecule has 3 N–H and O–H groups in total. The molecular formula is C22H24F2N6O3S. The van der Waals surface area contributed by atoms with Crippen LogP contribution < -0.4 is 20.8 Å². The van der Waals surface area contributed by atoms with E-state index in [-0.39, 0.29) is 11.7 Å². The van der Waals surface area contributed by atoms with E-state index >= 15 is 0 Å². The molecule has 4 rings (SSSR count). The van der Waals surface area contributed by atoms with Crippen molar-refractivity contribution in [3.8, 4) is 17.1 Å². The summed E-state index contributed by atoms with van der Waals surface area (Å²) in [5.74, 6) is 6.27. The smallest absolute Gasteiger partial charge is 0.387 e. The van der Waals surface area contributed by atoms with Crippen molar-refractivity contribution in [3.05, 3.63) is 48.5 Å². The van der Waals surface area contributed by atoms with Gasteiger partial charge in [0.05, 0.1) is 18.5 Å².